The Balaban J connectivity index is 1.37. The molecule has 0 radical (unpaired) electrons. The minimum atomic E-state index is -0.594. The van der Waals surface area contributed by atoms with E-state index in [-0.39, 0.29) is 12.0 Å². The van der Waals surface area contributed by atoms with Gasteiger partial charge in [0.1, 0.15) is 17.4 Å². The van der Waals surface area contributed by atoms with Gasteiger partial charge in [0.25, 0.3) is 0 Å². The Kier molecular flexibility index (Phi) is 6.90. The molecule has 4 heterocycles. The van der Waals surface area contributed by atoms with Gasteiger partial charge >= 0.3 is 5.97 Å². The largest absolute Gasteiger partial charge is 0.456 e. The molecule has 3 aromatic carbocycles. The Hall–Kier alpha value is -4.67. The number of carbonyl (C=O) groups is 1. The van der Waals surface area contributed by atoms with E-state index in [0.717, 1.165) is 57.1 Å². The molecule has 7 rings (SSSR count). The van der Waals surface area contributed by atoms with E-state index in [1.54, 1.807) is 12.3 Å². The second kappa shape index (κ2) is 10.8. The zero-order valence-corrected chi connectivity index (χ0v) is 25.7. The monoisotopic (exact) mass is 583 g/mol. The van der Waals surface area contributed by atoms with Crippen molar-refractivity contribution in [3.63, 3.8) is 0 Å². The highest BCUT2D eigenvalue weighted by Crippen LogP contribution is 2.40. The molecule has 2 aliphatic heterocycles. The molecule has 7 nitrogen and oxygen atoms in total. The quantitative estimate of drug-likeness (QED) is 0.213. The van der Waals surface area contributed by atoms with Crippen LogP contribution in [0.1, 0.15) is 62.5 Å². The minimum absolute atomic E-state index is 0.286. The topological polar surface area (TPSA) is 83.2 Å². The van der Waals surface area contributed by atoms with Crippen molar-refractivity contribution in [2.45, 2.75) is 70.2 Å². The van der Waals surface area contributed by atoms with Crippen LogP contribution in [-0.4, -0.2) is 51.2 Å². The molecule has 1 N–H and O–H groups in total. The van der Waals surface area contributed by atoms with Crippen molar-refractivity contribution >= 4 is 33.5 Å². The van der Waals surface area contributed by atoms with Gasteiger partial charge in [-0.25, -0.2) is 9.78 Å². The second-order valence-electron chi connectivity index (χ2n) is 13.2. The van der Waals surface area contributed by atoms with E-state index >= 15 is 0 Å². The minimum Gasteiger partial charge on any atom is -0.456 e. The maximum atomic E-state index is 13.5. The van der Waals surface area contributed by atoms with Gasteiger partial charge in [0, 0.05) is 46.3 Å². The standard InChI is InChI=1S/C37H37N5O2/c1-37(2,3)44-36(43)30-17-16-28(20-32(30)40-25-18-26-14-15-27(19-25)41(26)4)42-33-10-6-5-8-31(33)35-29(9-7-11-34(35)42)23-12-13-24(21-38)39-22-23/h5-13,16-17,20,22,25-27,40H,14-15,18-19H2,1-4H3. The molecule has 2 atom stereocenters. The fraction of sp³-hybridized carbons (Fsp3) is 0.324. The first-order valence-electron chi connectivity index (χ1n) is 15.4. The van der Waals surface area contributed by atoms with E-state index in [1.165, 1.54) is 12.8 Å². The van der Waals surface area contributed by atoms with E-state index in [4.69, 9.17) is 4.74 Å². The fourth-order valence-electron chi connectivity index (χ4n) is 7.21. The normalized spacial score (nSPS) is 20.1. The fourth-order valence-corrected chi connectivity index (χ4v) is 7.21. The summed E-state index contributed by atoms with van der Waals surface area (Å²) in [5, 5.41) is 15.3. The lowest BCUT2D eigenvalue weighted by atomic mass is 9.97. The van der Waals surface area contributed by atoms with Gasteiger partial charge in [-0.3, -0.25) is 0 Å². The number of rotatable bonds is 5. The third-order valence-corrected chi connectivity index (χ3v) is 9.22. The Bertz CT molecular complexity index is 1910. The summed E-state index contributed by atoms with van der Waals surface area (Å²) in [7, 11) is 2.25. The zero-order valence-electron chi connectivity index (χ0n) is 25.7. The lowest BCUT2D eigenvalue weighted by Gasteiger charge is -2.37. The maximum Gasteiger partial charge on any atom is 0.340 e. The van der Waals surface area contributed by atoms with Crippen LogP contribution in [0.2, 0.25) is 0 Å². The molecule has 44 heavy (non-hydrogen) atoms. The van der Waals surface area contributed by atoms with Crippen LogP contribution in [0.25, 0.3) is 38.6 Å². The number of benzene rings is 3. The van der Waals surface area contributed by atoms with Crippen LogP contribution in [0, 0.1) is 11.3 Å². The Morgan fingerprint density at radius 2 is 1.73 bits per heavy atom. The highest BCUT2D eigenvalue weighted by molar-refractivity contribution is 6.15. The van der Waals surface area contributed by atoms with Crippen molar-refractivity contribution in [1.82, 2.24) is 14.5 Å². The van der Waals surface area contributed by atoms with Crippen LogP contribution in [-0.2, 0) is 4.74 Å². The van der Waals surface area contributed by atoms with Crippen molar-refractivity contribution in [2.75, 3.05) is 12.4 Å². The highest BCUT2D eigenvalue weighted by atomic mass is 16.6. The summed E-state index contributed by atoms with van der Waals surface area (Å²) in [5.74, 6) is -0.319. The van der Waals surface area contributed by atoms with Gasteiger partial charge in [0.15, 0.2) is 0 Å². The number of hydrogen-bond donors (Lipinski definition) is 1. The number of nitrogens with zero attached hydrogens (tertiary/aromatic N) is 4. The summed E-state index contributed by atoms with van der Waals surface area (Å²) in [6.07, 6.45) is 6.35. The lowest BCUT2D eigenvalue weighted by molar-refractivity contribution is 0.00706. The lowest BCUT2D eigenvalue weighted by Crippen LogP contribution is -2.44. The summed E-state index contributed by atoms with van der Waals surface area (Å²) < 4.78 is 8.13. The third-order valence-electron chi connectivity index (χ3n) is 9.22. The van der Waals surface area contributed by atoms with Crippen LogP contribution in [0.15, 0.2) is 79.0 Å². The van der Waals surface area contributed by atoms with E-state index in [2.05, 4.69) is 81.4 Å². The number of ether oxygens (including phenoxy) is 1. The number of hydrogen-bond acceptors (Lipinski definition) is 6. The molecule has 2 saturated heterocycles. The summed E-state index contributed by atoms with van der Waals surface area (Å²) in [4.78, 5) is 20.4. The highest BCUT2D eigenvalue weighted by Gasteiger charge is 2.38. The average molecular weight is 584 g/mol. The van der Waals surface area contributed by atoms with Gasteiger partial charge in [-0.2, -0.15) is 5.26 Å². The molecule has 0 aliphatic carbocycles. The molecule has 2 bridgehead atoms. The molecule has 2 aliphatic rings. The number of aromatic nitrogens is 2. The van der Waals surface area contributed by atoms with Gasteiger partial charge < -0.3 is 19.5 Å². The third kappa shape index (κ3) is 4.99. The summed E-state index contributed by atoms with van der Waals surface area (Å²) in [6, 6.07) is 28.0. The van der Waals surface area contributed by atoms with Crippen molar-refractivity contribution in [3.05, 3.63) is 90.3 Å². The van der Waals surface area contributed by atoms with Crippen LogP contribution in [0.3, 0.4) is 0 Å². The van der Waals surface area contributed by atoms with E-state index < -0.39 is 5.60 Å². The molecular weight excluding hydrogens is 546 g/mol. The van der Waals surface area contributed by atoms with Gasteiger partial charge in [0.05, 0.1) is 22.3 Å². The first kappa shape index (κ1) is 28.1. The average Bonchev–Trinajstić information content (AvgIpc) is 3.43. The summed E-state index contributed by atoms with van der Waals surface area (Å²) in [6.45, 7) is 5.71. The van der Waals surface area contributed by atoms with Crippen LogP contribution < -0.4 is 5.32 Å². The van der Waals surface area contributed by atoms with Crippen molar-refractivity contribution in [3.8, 4) is 22.9 Å². The number of para-hydroxylation sites is 1. The number of fused-ring (bicyclic) bond motifs is 5. The molecule has 5 aromatic rings. The number of nitriles is 1. The van der Waals surface area contributed by atoms with Gasteiger partial charge in [0.2, 0.25) is 0 Å². The van der Waals surface area contributed by atoms with Crippen LogP contribution in [0.5, 0.6) is 0 Å². The SMILES string of the molecule is CN1C2CCC1CC(Nc1cc(-n3c4ccccc4c4c(-c5ccc(C#N)nc5)cccc43)ccc1C(=O)OC(C)(C)C)C2. The van der Waals surface area contributed by atoms with Gasteiger partial charge in [-0.15, -0.1) is 0 Å². The molecule has 0 saturated carbocycles. The number of nitrogens with one attached hydrogen (secondary N) is 1. The van der Waals surface area contributed by atoms with E-state index in [0.29, 0.717) is 23.3 Å². The maximum absolute atomic E-state index is 13.5. The molecule has 2 aromatic heterocycles. The number of esters is 1. The van der Waals surface area contributed by atoms with Crippen molar-refractivity contribution < 1.29 is 9.53 Å². The molecule has 0 amide bonds. The predicted molar refractivity (Wildman–Crippen MR) is 175 cm³/mol. The summed E-state index contributed by atoms with van der Waals surface area (Å²) >= 11 is 0. The van der Waals surface area contributed by atoms with Crippen LogP contribution >= 0.6 is 0 Å². The molecule has 2 unspecified atom stereocenters. The Labute approximate surface area is 258 Å². The summed E-state index contributed by atoms with van der Waals surface area (Å²) in [5.41, 5.74) is 6.28. The molecule has 7 heteroatoms. The number of pyridine rings is 1. The smallest absolute Gasteiger partial charge is 0.340 e. The number of piperidine rings is 1. The first-order valence-corrected chi connectivity index (χ1v) is 15.4. The molecule has 222 valence electrons. The first-order chi connectivity index (χ1) is 21.2. The van der Waals surface area contributed by atoms with Crippen molar-refractivity contribution in [1.29, 1.82) is 5.26 Å². The molecule has 0 spiro atoms. The number of carbonyl (C=O) groups excluding carboxylic acids is 1. The van der Waals surface area contributed by atoms with Gasteiger partial charge in [-0.05, 0) is 102 Å². The second-order valence-corrected chi connectivity index (χ2v) is 13.2. The number of anilines is 1. The molecule has 2 fully saturated rings. The van der Waals surface area contributed by atoms with Crippen LogP contribution in [0.4, 0.5) is 5.69 Å². The zero-order chi connectivity index (χ0) is 30.6. The molecular formula is C37H37N5O2. The van der Waals surface area contributed by atoms with Gasteiger partial charge in [-0.1, -0.05) is 30.3 Å². The Morgan fingerprint density at radius 3 is 2.43 bits per heavy atom. The predicted octanol–water partition coefficient (Wildman–Crippen LogP) is 7.71. The van der Waals surface area contributed by atoms with Crippen molar-refractivity contribution in [2.24, 2.45) is 0 Å². The van der Waals surface area contributed by atoms with E-state index in [9.17, 15) is 10.1 Å². The Morgan fingerprint density at radius 1 is 0.977 bits per heavy atom. The van der Waals surface area contributed by atoms with E-state index in [1.807, 2.05) is 39.0 Å².